The second-order valence-corrected chi connectivity index (χ2v) is 6.87. The van der Waals surface area contributed by atoms with Crippen LogP contribution in [0.2, 0.25) is 0 Å². The number of nitrogens with zero attached hydrogens (tertiary/aromatic N) is 2. The van der Waals surface area contributed by atoms with Gasteiger partial charge in [-0.05, 0) is 48.7 Å². The predicted octanol–water partition coefficient (Wildman–Crippen LogP) is 2.88. The number of ether oxygens (including phenoxy) is 2. The SMILES string of the molecule is Cn1ccc(CN2CCCC2c2ccc3c(c2)OCCCO3)cc1=O. The number of pyridine rings is 1. The Morgan fingerprint density at radius 1 is 1.08 bits per heavy atom. The average Bonchev–Trinajstić information content (AvgIpc) is 2.94. The molecule has 5 heteroatoms. The lowest BCUT2D eigenvalue weighted by Gasteiger charge is -2.25. The molecule has 5 nitrogen and oxygen atoms in total. The van der Waals surface area contributed by atoms with Crippen molar-refractivity contribution in [3.05, 3.63) is 58.0 Å². The molecule has 0 spiro atoms. The molecule has 1 saturated heterocycles. The van der Waals surface area contributed by atoms with Crippen LogP contribution >= 0.6 is 0 Å². The molecule has 2 aliphatic rings. The van der Waals surface area contributed by atoms with Gasteiger partial charge in [-0.2, -0.15) is 0 Å². The first-order valence-corrected chi connectivity index (χ1v) is 9.00. The summed E-state index contributed by atoms with van der Waals surface area (Å²) in [6.45, 7) is 3.27. The van der Waals surface area contributed by atoms with E-state index in [9.17, 15) is 4.79 Å². The second kappa shape index (κ2) is 6.92. The first-order chi connectivity index (χ1) is 12.2. The highest BCUT2D eigenvalue weighted by molar-refractivity contribution is 5.44. The molecule has 1 aromatic carbocycles. The summed E-state index contributed by atoms with van der Waals surface area (Å²) in [5.74, 6) is 1.70. The van der Waals surface area contributed by atoms with E-state index in [0.29, 0.717) is 19.3 Å². The van der Waals surface area contributed by atoms with Crippen LogP contribution in [0.4, 0.5) is 0 Å². The fourth-order valence-electron chi connectivity index (χ4n) is 3.70. The number of benzene rings is 1. The Hall–Kier alpha value is -2.27. The van der Waals surface area contributed by atoms with E-state index < -0.39 is 0 Å². The van der Waals surface area contributed by atoms with Crippen LogP contribution < -0.4 is 15.0 Å². The highest BCUT2D eigenvalue weighted by Crippen LogP contribution is 2.38. The van der Waals surface area contributed by atoms with Gasteiger partial charge < -0.3 is 14.0 Å². The molecule has 0 bridgehead atoms. The van der Waals surface area contributed by atoms with Crippen molar-refractivity contribution >= 4 is 0 Å². The highest BCUT2D eigenvalue weighted by Gasteiger charge is 2.27. The van der Waals surface area contributed by atoms with Gasteiger partial charge in [0.1, 0.15) is 0 Å². The molecule has 0 aliphatic carbocycles. The van der Waals surface area contributed by atoms with Gasteiger partial charge in [-0.3, -0.25) is 9.69 Å². The molecule has 1 fully saturated rings. The molecule has 25 heavy (non-hydrogen) atoms. The number of rotatable bonds is 3. The van der Waals surface area contributed by atoms with Crippen molar-refractivity contribution in [2.24, 2.45) is 7.05 Å². The monoisotopic (exact) mass is 340 g/mol. The molecule has 0 amide bonds. The Morgan fingerprint density at radius 2 is 1.92 bits per heavy atom. The van der Waals surface area contributed by atoms with E-state index in [1.54, 1.807) is 17.7 Å². The number of hydrogen-bond acceptors (Lipinski definition) is 4. The van der Waals surface area contributed by atoms with Crippen molar-refractivity contribution in [1.29, 1.82) is 0 Å². The maximum Gasteiger partial charge on any atom is 0.250 e. The van der Waals surface area contributed by atoms with Gasteiger partial charge in [0.2, 0.25) is 0 Å². The van der Waals surface area contributed by atoms with E-state index in [-0.39, 0.29) is 5.56 Å². The quantitative estimate of drug-likeness (QED) is 0.862. The topological polar surface area (TPSA) is 43.7 Å². The summed E-state index contributed by atoms with van der Waals surface area (Å²) in [5.41, 5.74) is 2.39. The van der Waals surface area contributed by atoms with Crippen LogP contribution in [0.1, 0.15) is 36.4 Å². The number of fused-ring (bicyclic) bond motifs is 1. The van der Waals surface area contributed by atoms with Gasteiger partial charge in [0.25, 0.3) is 5.56 Å². The van der Waals surface area contributed by atoms with E-state index >= 15 is 0 Å². The lowest BCUT2D eigenvalue weighted by atomic mass is 10.0. The number of aryl methyl sites for hydroxylation is 1. The Labute approximate surface area is 147 Å². The van der Waals surface area contributed by atoms with Gasteiger partial charge in [-0.15, -0.1) is 0 Å². The van der Waals surface area contributed by atoms with Crippen LogP contribution in [0, 0.1) is 0 Å². The summed E-state index contributed by atoms with van der Waals surface area (Å²) < 4.78 is 13.2. The minimum atomic E-state index is 0.0452. The summed E-state index contributed by atoms with van der Waals surface area (Å²) in [6.07, 6.45) is 5.06. The predicted molar refractivity (Wildman–Crippen MR) is 96.1 cm³/mol. The summed E-state index contributed by atoms with van der Waals surface area (Å²) >= 11 is 0. The maximum absolute atomic E-state index is 11.9. The van der Waals surface area contributed by atoms with Crippen LogP contribution in [-0.4, -0.2) is 29.2 Å². The number of likely N-dealkylation sites (tertiary alicyclic amines) is 1. The first-order valence-electron chi connectivity index (χ1n) is 9.00. The summed E-state index contributed by atoms with van der Waals surface area (Å²) in [6, 6.07) is 10.5. The summed E-state index contributed by atoms with van der Waals surface area (Å²) in [4.78, 5) is 14.3. The Balaban J connectivity index is 1.56. The van der Waals surface area contributed by atoms with Gasteiger partial charge in [0.05, 0.1) is 13.2 Å². The lowest BCUT2D eigenvalue weighted by molar-refractivity contribution is 0.247. The van der Waals surface area contributed by atoms with Gasteiger partial charge >= 0.3 is 0 Å². The van der Waals surface area contributed by atoms with E-state index in [4.69, 9.17) is 9.47 Å². The minimum Gasteiger partial charge on any atom is -0.490 e. The molecular weight excluding hydrogens is 316 g/mol. The fraction of sp³-hybridized carbons (Fsp3) is 0.450. The van der Waals surface area contributed by atoms with E-state index in [1.807, 2.05) is 18.3 Å². The summed E-state index contributed by atoms with van der Waals surface area (Å²) in [5, 5.41) is 0. The van der Waals surface area contributed by atoms with Gasteiger partial charge in [-0.1, -0.05) is 6.07 Å². The minimum absolute atomic E-state index is 0.0452. The van der Waals surface area contributed by atoms with Crippen molar-refractivity contribution in [3.63, 3.8) is 0 Å². The van der Waals surface area contributed by atoms with Crippen LogP contribution in [-0.2, 0) is 13.6 Å². The van der Waals surface area contributed by atoms with E-state index in [1.165, 1.54) is 12.0 Å². The lowest BCUT2D eigenvalue weighted by Crippen LogP contribution is -2.24. The smallest absolute Gasteiger partial charge is 0.250 e. The molecule has 2 aliphatic heterocycles. The standard InChI is InChI=1S/C20H24N2O3/c1-21-9-7-15(12-20(21)23)14-22-8-2-4-17(22)16-5-6-18-19(13-16)25-11-3-10-24-18/h5-7,9,12-13,17H,2-4,8,10-11,14H2,1H3. The van der Waals surface area contributed by atoms with Crippen molar-refractivity contribution < 1.29 is 9.47 Å². The molecule has 1 aromatic heterocycles. The van der Waals surface area contributed by atoms with Gasteiger partial charge in [0, 0.05) is 38.3 Å². The molecule has 1 atom stereocenters. The third-order valence-electron chi connectivity index (χ3n) is 5.07. The molecule has 0 N–H and O–H groups in total. The van der Waals surface area contributed by atoms with Crippen molar-refractivity contribution in [2.45, 2.75) is 31.8 Å². The average molecular weight is 340 g/mol. The van der Waals surface area contributed by atoms with Gasteiger partial charge in [-0.25, -0.2) is 0 Å². The maximum atomic E-state index is 11.9. The largest absolute Gasteiger partial charge is 0.490 e. The third-order valence-corrected chi connectivity index (χ3v) is 5.07. The molecule has 4 rings (SSSR count). The first kappa shape index (κ1) is 16.2. The molecule has 1 unspecified atom stereocenters. The molecule has 2 aromatic rings. The molecule has 0 saturated carbocycles. The number of hydrogen-bond donors (Lipinski definition) is 0. The molecule has 132 valence electrons. The Morgan fingerprint density at radius 3 is 2.76 bits per heavy atom. The van der Waals surface area contributed by atoms with Crippen molar-refractivity contribution in [3.8, 4) is 11.5 Å². The van der Waals surface area contributed by atoms with Crippen LogP contribution in [0.5, 0.6) is 11.5 Å². The zero-order valence-electron chi connectivity index (χ0n) is 14.6. The van der Waals surface area contributed by atoms with Crippen LogP contribution in [0.25, 0.3) is 0 Å². The van der Waals surface area contributed by atoms with Crippen molar-refractivity contribution in [1.82, 2.24) is 9.47 Å². The fourth-order valence-corrected chi connectivity index (χ4v) is 3.70. The zero-order valence-corrected chi connectivity index (χ0v) is 14.6. The normalized spacial score (nSPS) is 20.4. The van der Waals surface area contributed by atoms with E-state index in [2.05, 4.69) is 17.0 Å². The highest BCUT2D eigenvalue weighted by atomic mass is 16.5. The summed E-state index contributed by atoms with van der Waals surface area (Å²) in [7, 11) is 1.78. The van der Waals surface area contributed by atoms with Crippen molar-refractivity contribution in [2.75, 3.05) is 19.8 Å². The molecule has 3 heterocycles. The van der Waals surface area contributed by atoms with Crippen LogP contribution in [0.15, 0.2) is 41.3 Å². The van der Waals surface area contributed by atoms with E-state index in [0.717, 1.165) is 43.0 Å². The molecule has 0 radical (unpaired) electrons. The Bertz CT molecular complexity index is 815. The van der Waals surface area contributed by atoms with Crippen LogP contribution in [0.3, 0.4) is 0 Å². The second-order valence-electron chi connectivity index (χ2n) is 6.87. The number of aromatic nitrogens is 1. The Kier molecular flexibility index (Phi) is 4.49. The zero-order chi connectivity index (χ0) is 17.2. The molecular formula is C20H24N2O3. The van der Waals surface area contributed by atoms with Gasteiger partial charge in [0.15, 0.2) is 11.5 Å². The third kappa shape index (κ3) is 3.42.